The first kappa shape index (κ1) is 19.2. The summed E-state index contributed by atoms with van der Waals surface area (Å²) in [5.41, 5.74) is 3.76. The minimum atomic E-state index is -4.12. The highest BCUT2D eigenvalue weighted by Gasteiger charge is 2.19. The molecule has 0 saturated carbocycles. The third-order valence-corrected chi connectivity index (χ3v) is 5.56. The van der Waals surface area contributed by atoms with Crippen LogP contribution in [-0.4, -0.2) is 24.7 Å². The zero-order chi connectivity index (χ0) is 19.6. The number of hydrogen-bond donors (Lipinski definition) is 1. The van der Waals surface area contributed by atoms with Crippen LogP contribution >= 0.6 is 0 Å². The van der Waals surface area contributed by atoms with Gasteiger partial charge in [0.25, 0.3) is 0 Å². The van der Waals surface area contributed by atoms with Gasteiger partial charge in [0.1, 0.15) is 16.5 Å². The highest BCUT2D eigenvalue weighted by Crippen LogP contribution is 2.16. The molecular weight excluding hydrogens is 372 g/mol. The van der Waals surface area contributed by atoms with Crippen LogP contribution in [0.4, 0.5) is 8.78 Å². The summed E-state index contributed by atoms with van der Waals surface area (Å²) < 4.78 is 55.3. The number of nitrogens with zero attached hydrogens (tertiary/aromatic N) is 2. The fourth-order valence-electron chi connectivity index (χ4n) is 2.78. The zero-order valence-electron chi connectivity index (χ0n) is 14.9. The Bertz CT molecular complexity index is 1060. The van der Waals surface area contributed by atoms with E-state index in [9.17, 15) is 17.2 Å². The van der Waals surface area contributed by atoms with Crippen molar-refractivity contribution in [2.45, 2.75) is 25.2 Å². The third kappa shape index (κ3) is 4.40. The Labute approximate surface area is 156 Å². The average molecular weight is 391 g/mol. The maximum atomic E-state index is 13.7. The SMILES string of the molecule is Cc1cc(C)n(-c2ccc(CCNS(=O)(=O)c3cc(F)ccc3F)cc2)n1. The molecule has 0 aliphatic heterocycles. The highest BCUT2D eigenvalue weighted by molar-refractivity contribution is 7.89. The third-order valence-electron chi connectivity index (χ3n) is 4.08. The normalized spacial score (nSPS) is 11.7. The largest absolute Gasteiger partial charge is 0.243 e. The smallest absolute Gasteiger partial charge is 0.238 e. The molecule has 0 radical (unpaired) electrons. The Morgan fingerprint density at radius 3 is 2.37 bits per heavy atom. The van der Waals surface area contributed by atoms with E-state index >= 15 is 0 Å². The summed E-state index contributed by atoms with van der Waals surface area (Å²) in [5.74, 6) is -1.80. The first-order chi connectivity index (χ1) is 12.8. The number of halogens is 2. The molecule has 8 heteroatoms. The predicted octanol–water partition coefficient (Wildman–Crippen LogP) is 3.29. The van der Waals surface area contributed by atoms with Crippen molar-refractivity contribution in [1.29, 1.82) is 0 Å². The number of hydrogen-bond acceptors (Lipinski definition) is 3. The number of rotatable bonds is 6. The van der Waals surface area contributed by atoms with Crippen LogP contribution in [-0.2, 0) is 16.4 Å². The van der Waals surface area contributed by atoms with Gasteiger partial charge >= 0.3 is 0 Å². The maximum Gasteiger partial charge on any atom is 0.243 e. The molecule has 1 aromatic heterocycles. The number of sulfonamides is 1. The van der Waals surface area contributed by atoms with Crippen molar-refractivity contribution in [2.24, 2.45) is 0 Å². The molecular formula is C19H19F2N3O2S. The minimum absolute atomic E-state index is 0.0670. The fraction of sp³-hybridized carbons (Fsp3) is 0.211. The Morgan fingerprint density at radius 2 is 1.74 bits per heavy atom. The van der Waals surface area contributed by atoms with Crippen LogP contribution in [0.2, 0.25) is 0 Å². The molecule has 0 saturated heterocycles. The molecule has 3 aromatic rings. The molecule has 0 aliphatic carbocycles. The van der Waals surface area contributed by atoms with Gasteiger partial charge in [-0.2, -0.15) is 5.10 Å². The topological polar surface area (TPSA) is 64.0 Å². The highest BCUT2D eigenvalue weighted by atomic mass is 32.2. The van der Waals surface area contributed by atoms with E-state index in [4.69, 9.17) is 0 Å². The molecule has 2 aromatic carbocycles. The first-order valence-corrected chi connectivity index (χ1v) is 9.82. The Balaban J connectivity index is 1.65. The second kappa shape index (κ2) is 7.58. The molecule has 142 valence electrons. The Kier molecular flexibility index (Phi) is 5.38. The lowest BCUT2D eigenvalue weighted by Crippen LogP contribution is -2.27. The van der Waals surface area contributed by atoms with E-state index in [0.29, 0.717) is 12.5 Å². The van der Waals surface area contributed by atoms with E-state index < -0.39 is 26.6 Å². The Hall–Kier alpha value is -2.58. The monoisotopic (exact) mass is 391 g/mol. The molecule has 27 heavy (non-hydrogen) atoms. The summed E-state index contributed by atoms with van der Waals surface area (Å²) in [5, 5.41) is 4.41. The van der Waals surface area contributed by atoms with Gasteiger partial charge in [-0.25, -0.2) is 26.6 Å². The second-order valence-corrected chi connectivity index (χ2v) is 7.96. The van der Waals surface area contributed by atoms with Crippen molar-refractivity contribution >= 4 is 10.0 Å². The van der Waals surface area contributed by atoms with Crippen LogP contribution in [0.5, 0.6) is 0 Å². The van der Waals surface area contributed by atoms with Gasteiger partial charge in [0.15, 0.2) is 0 Å². The molecule has 1 heterocycles. The summed E-state index contributed by atoms with van der Waals surface area (Å²) in [4.78, 5) is -0.692. The van der Waals surface area contributed by atoms with Crippen molar-refractivity contribution in [1.82, 2.24) is 14.5 Å². The number of benzene rings is 2. The van der Waals surface area contributed by atoms with Gasteiger partial charge in [0.2, 0.25) is 10.0 Å². The van der Waals surface area contributed by atoms with Crippen LogP contribution in [0.15, 0.2) is 53.4 Å². The van der Waals surface area contributed by atoms with E-state index in [1.807, 2.05) is 48.9 Å². The summed E-state index contributed by atoms with van der Waals surface area (Å²) in [7, 11) is -4.12. The molecule has 0 atom stereocenters. The van der Waals surface area contributed by atoms with Gasteiger partial charge < -0.3 is 0 Å². The summed E-state index contributed by atoms with van der Waals surface area (Å²) in [6.45, 7) is 3.96. The van der Waals surface area contributed by atoms with Crippen molar-refractivity contribution in [3.63, 3.8) is 0 Å². The molecule has 0 fully saturated rings. The lowest BCUT2D eigenvalue weighted by molar-refractivity contribution is 0.546. The van der Waals surface area contributed by atoms with E-state index in [-0.39, 0.29) is 6.54 Å². The van der Waals surface area contributed by atoms with E-state index in [0.717, 1.165) is 34.8 Å². The van der Waals surface area contributed by atoms with Gasteiger partial charge in [-0.1, -0.05) is 12.1 Å². The van der Waals surface area contributed by atoms with Crippen LogP contribution in [0, 0.1) is 25.5 Å². The number of aryl methyl sites for hydroxylation is 2. The lowest BCUT2D eigenvalue weighted by Gasteiger charge is -2.09. The molecule has 0 bridgehead atoms. The summed E-state index contributed by atoms with van der Waals surface area (Å²) in [6.07, 6.45) is 0.410. The summed E-state index contributed by atoms with van der Waals surface area (Å²) in [6, 6.07) is 11.9. The molecule has 1 N–H and O–H groups in total. The molecule has 0 unspecified atom stereocenters. The van der Waals surface area contributed by atoms with Gasteiger partial charge in [0.05, 0.1) is 11.4 Å². The first-order valence-electron chi connectivity index (χ1n) is 8.33. The second-order valence-electron chi connectivity index (χ2n) is 6.23. The van der Waals surface area contributed by atoms with Crippen molar-refractivity contribution in [2.75, 3.05) is 6.54 Å². The maximum absolute atomic E-state index is 13.7. The predicted molar refractivity (Wildman–Crippen MR) is 98.3 cm³/mol. The van der Waals surface area contributed by atoms with Gasteiger partial charge in [-0.3, -0.25) is 0 Å². The molecule has 5 nitrogen and oxygen atoms in total. The van der Waals surface area contributed by atoms with Gasteiger partial charge in [-0.05, 0) is 62.2 Å². The van der Waals surface area contributed by atoms with Gasteiger partial charge in [-0.15, -0.1) is 0 Å². The van der Waals surface area contributed by atoms with Crippen LogP contribution in [0.1, 0.15) is 17.0 Å². The molecule has 0 spiro atoms. The lowest BCUT2D eigenvalue weighted by atomic mass is 10.1. The van der Waals surface area contributed by atoms with Gasteiger partial charge in [0, 0.05) is 12.2 Å². The molecule has 3 rings (SSSR count). The van der Waals surface area contributed by atoms with Crippen LogP contribution < -0.4 is 4.72 Å². The van der Waals surface area contributed by atoms with Crippen molar-refractivity contribution < 1.29 is 17.2 Å². The zero-order valence-corrected chi connectivity index (χ0v) is 15.7. The quantitative estimate of drug-likeness (QED) is 0.701. The van der Waals surface area contributed by atoms with E-state index in [1.165, 1.54) is 0 Å². The van der Waals surface area contributed by atoms with Crippen molar-refractivity contribution in [3.8, 4) is 5.69 Å². The average Bonchev–Trinajstić information content (AvgIpc) is 2.96. The number of aromatic nitrogens is 2. The van der Waals surface area contributed by atoms with Crippen LogP contribution in [0.25, 0.3) is 5.69 Å². The molecule has 0 amide bonds. The summed E-state index contributed by atoms with van der Waals surface area (Å²) >= 11 is 0. The van der Waals surface area contributed by atoms with Crippen LogP contribution in [0.3, 0.4) is 0 Å². The fourth-order valence-corrected chi connectivity index (χ4v) is 3.90. The van der Waals surface area contributed by atoms with Crippen molar-refractivity contribution in [3.05, 3.63) is 77.1 Å². The Morgan fingerprint density at radius 1 is 1.04 bits per heavy atom. The molecule has 0 aliphatic rings. The number of nitrogens with one attached hydrogen (secondary N) is 1. The van der Waals surface area contributed by atoms with E-state index in [2.05, 4.69) is 9.82 Å². The van der Waals surface area contributed by atoms with E-state index in [1.54, 1.807) is 0 Å². The standard InChI is InChI=1S/C19H19F2N3O2S/c1-13-11-14(2)24(23-13)17-6-3-15(4-7-17)9-10-22-27(25,26)19-12-16(20)5-8-18(19)21/h3-8,11-12,22H,9-10H2,1-2H3. The minimum Gasteiger partial charge on any atom is -0.238 e.